The molecule has 0 unspecified atom stereocenters. The van der Waals surface area contributed by atoms with E-state index in [2.05, 4.69) is 21.2 Å². The quantitative estimate of drug-likeness (QED) is 0.672. The summed E-state index contributed by atoms with van der Waals surface area (Å²) in [5, 5.41) is 7.28. The molecule has 134 valence electrons. The van der Waals surface area contributed by atoms with Gasteiger partial charge < -0.3 is 14.1 Å². The third-order valence-electron chi connectivity index (χ3n) is 4.15. The Morgan fingerprint density at radius 1 is 1.35 bits per heavy atom. The number of carbonyl (C=O) groups excluding carboxylic acids is 1. The Morgan fingerprint density at radius 2 is 2.23 bits per heavy atom. The number of likely N-dealkylation sites (N-methyl/N-ethyl adjacent to an activating group) is 1. The maximum absolute atomic E-state index is 12.6. The Bertz CT molecular complexity index is 868. The maximum atomic E-state index is 12.6. The summed E-state index contributed by atoms with van der Waals surface area (Å²) in [5.74, 6) is 2.38. The number of carbonyl (C=O) groups is 1. The van der Waals surface area contributed by atoms with Crippen LogP contribution >= 0.6 is 11.8 Å². The number of furan rings is 1. The molecule has 4 rings (SSSR count). The number of rotatable bonds is 6. The van der Waals surface area contributed by atoms with E-state index in [9.17, 15) is 4.79 Å². The maximum Gasteiger partial charge on any atom is 0.289 e. The molecular weight excluding hydrogens is 352 g/mol. The molecule has 0 aliphatic carbocycles. The largest absolute Gasteiger partial charge is 0.488 e. The van der Waals surface area contributed by atoms with Crippen molar-refractivity contribution in [3.63, 3.8) is 0 Å². The number of hydrogen-bond donors (Lipinski definition) is 1. The molecule has 0 spiro atoms. The third-order valence-corrected chi connectivity index (χ3v) is 5.05. The van der Waals surface area contributed by atoms with Crippen LogP contribution in [-0.2, 0) is 12.2 Å². The molecule has 7 nitrogen and oxygen atoms in total. The Hall–Kier alpha value is -2.74. The highest BCUT2D eigenvalue weighted by atomic mass is 32.2. The molecule has 1 N–H and O–H groups in total. The van der Waals surface area contributed by atoms with Crippen LogP contribution in [0.2, 0.25) is 0 Å². The lowest BCUT2D eigenvalue weighted by Gasteiger charge is -2.20. The monoisotopic (exact) mass is 370 g/mol. The number of thioether (sulfide) groups is 1. The number of hydrogen-bond acceptors (Lipinski definition) is 6. The first-order valence-corrected chi connectivity index (χ1v) is 9.24. The smallest absolute Gasteiger partial charge is 0.289 e. The van der Waals surface area contributed by atoms with E-state index in [-0.39, 0.29) is 12.0 Å². The number of fused-ring (bicyclic) bond motifs is 1. The molecular formula is C18H18N4O3S. The fourth-order valence-electron chi connectivity index (χ4n) is 2.91. The van der Waals surface area contributed by atoms with Crippen LogP contribution in [0.15, 0.2) is 52.3 Å². The molecule has 0 saturated heterocycles. The first-order valence-electron chi connectivity index (χ1n) is 8.26. The van der Waals surface area contributed by atoms with Crippen LogP contribution < -0.4 is 4.74 Å². The van der Waals surface area contributed by atoms with Crippen LogP contribution in [0.5, 0.6) is 5.75 Å². The Morgan fingerprint density at radius 3 is 3.04 bits per heavy atom. The van der Waals surface area contributed by atoms with Gasteiger partial charge in [-0.2, -0.15) is 5.10 Å². The second-order valence-corrected chi connectivity index (χ2v) is 7.05. The summed E-state index contributed by atoms with van der Waals surface area (Å²) in [6.07, 6.45) is 2.24. The standard InChI is InChI=1S/C18H18N4O3S/c1-22(9-14-8-12-4-2-3-5-15(12)25-14)17(23)16-7-6-13(24-16)10-26-18-19-11-20-21-18/h2-7,11,14H,8-10H2,1H3,(H,19,20,21)/t14-/m0/s1. The summed E-state index contributed by atoms with van der Waals surface area (Å²) in [6.45, 7) is 0.510. The van der Waals surface area contributed by atoms with Crippen molar-refractivity contribution in [1.29, 1.82) is 0 Å². The van der Waals surface area contributed by atoms with Gasteiger partial charge in [-0.25, -0.2) is 4.98 Å². The summed E-state index contributed by atoms with van der Waals surface area (Å²) < 4.78 is 11.6. The predicted molar refractivity (Wildman–Crippen MR) is 96.2 cm³/mol. The molecule has 3 aromatic rings. The van der Waals surface area contributed by atoms with E-state index >= 15 is 0 Å². The van der Waals surface area contributed by atoms with Crippen molar-refractivity contribution in [3.8, 4) is 5.75 Å². The van der Waals surface area contributed by atoms with Crippen molar-refractivity contribution < 1.29 is 13.9 Å². The van der Waals surface area contributed by atoms with Gasteiger partial charge >= 0.3 is 0 Å². The van der Waals surface area contributed by atoms with Gasteiger partial charge in [-0.1, -0.05) is 30.0 Å². The van der Waals surface area contributed by atoms with Crippen LogP contribution in [0.3, 0.4) is 0 Å². The Labute approximate surface area is 154 Å². The molecule has 1 amide bonds. The zero-order valence-electron chi connectivity index (χ0n) is 14.2. The molecule has 0 fully saturated rings. The van der Waals surface area contributed by atoms with Gasteiger partial charge in [-0.3, -0.25) is 9.89 Å². The molecule has 3 heterocycles. The van der Waals surface area contributed by atoms with Gasteiger partial charge in [0.15, 0.2) is 10.9 Å². The lowest BCUT2D eigenvalue weighted by Crippen LogP contribution is -2.36. The Kier molecular flexibility index (Phi) is 4.66. The number of ether oxygens (including phenoxy) is 1. The highest BCUT2D eigenvalue weighted by molar-refractivity contribution is 7.98. The lowest BCUT2D eigenvalue weighted by molar-refractivity contribution is 0.0698. The third kappa shape index (κ3) is 3.60. The van der Waals surface area contributed by atoms with Crippen molar-refractivity contribution in [2.45, 2.75) is 23.4 Å². The number of para-hydroxylation sites is 1. The van der Waals surface area contributed by atoms with Gasteiger partial charge in [-0.05, 0) is 23.8 Å². The van der Waals surface area contributed by atoms with E-state index in [1.807, 2.05) is 24.3 Å². The van der Waals surface area contributed by atoms with Crippen LogP contribution in [0.25, 0.3) is 0 Å². The van der Waals surface area contributed by atoms with Crippen molar-refractivity contribution in [2.75, 3.05) is 13.6 Å². The molecule has 0 saturated carbocycles. The molecule has 0 radical (unpaired) electrons. The topological polar surface area (TPSA) is 84.2 Å². The van der Waals surface area contributed by atoms with Crippen molar-refractivity contribution in [3.05, 3.63) is 59.8 Å². The normalized spacial score (nSPS) is 15.5. The van der Waals surface area contributed by atoms with E-state index in [0.717, 1.165) is 12.2 Å². The van der Waals surface area contributed by atoms with E-state index in [1.165, 1.54) is 23.7 Å². The molecule has 0 bridgehead atoms. The number of nitrogens with one attached hydrogen (secondary N) is 1. The summed E-state index contributed by atoms with van der Waals surface area (Å²) >= 11 is 1.46. The average Bonchev–Trinajstić information content (AvgIpc) is 3.38. The van der Waals surface area contributed by atoms with Crippen molar-refractivity contribution >= 4 is 17.7 Å². The summed E-state index contributed by atoms with van der Waals surface area (Å²) in [4.78, 5) is 18.3. The van der Waals surface area contributed by atoms with E-state index in [1.54, 1.807) is 18.0 Å². The second-order valence-electron chi connectivity index (χ2n) is 6.08. The van der Waals surface area contributed by atoms with Gasteiger partial charge in [0.1, 0.15) is 23.9 Å². The first kappa shape index (κ1) is 16.7. The molecule has 1 atom stereocenters. The summed E-state index contributed by atoms with van der Waals surface area (Å²) in [7, 11) is 1.76. The molecule has 1 aliphatic rings. The number of nitrogens with zero attached hydrogens (tertiary/aromatic N) is 3. The van der Waals surface area contributed by atoms with Gasteiger partial charge in [0, 0.05) is 13.5 Å². The number of benzene rings is 1. The van der Waals surface area contributed by atoms with E-state index in [4.69, 9.17) is 9.15 Å². The van der Waals surface area contributed by atoms with Crippen LogP contribution in [0.4, 0.5) is 0 Å². The molecule has 1 aliphatic heterocycles. The van der Waals surface area contributed by atoms with Crippen molar-refractivity contribution in [1.82, 2.24) is 20.1 Å². The zero-order chi connectivity index (χ0) is 17.9. The SMILES string of the molecule is CN(C[C@@H]1Cc2ccccc2O1)C(=O)c1ccc(CSc2ncn[nH]2)o1. The number of H-pyrrole nitrogens is 1. The van der Waals surface area contributed by atoms with Gasteiger partial charge in [-0.15, -0.1) is 0 Å². The lowest BCUT2D eigenvalue weighted by atomic mass is 10.1. The highest BCUT2D eigenvalue weighted by Gasteiger charge is 2.26. The molecule has 26 heavy (non-hydrogen) atoms. The second kappa shape index (κ2) is 7.25. The summed E-state index contributed by atoms with van der Waals surface area (Å²) in [5.41, 5.74) is 1.18. The zero-order valence-corrected chi connectivity index (χ0v) is 15.0. The van der Waals surface area contributed by atoms with Gasteiger partial charge in [0.2, 0.25) is 0 Å². The van der Waals surface area contributed by atoms with Gasteiger partial charge in [0.25, 0.3) is 5.91 Å². The van der Waals surface area contributed by atoms with Crippen molar-refractivity contribution in [2.24, 2.45) is 0 Å². The highest BCUT2D eigenvalue weighted by Crippen LogP contribution is 2.28. The van der Waals surface area contributed by atoms with E-state index < -0.39 is 0 Å². The minimum Gasteiger partial charge on any atom is -0.488 e. The minimum absolute atomic E-state index is 0.0298. The number of aromatic nitrogens is 3. The Balaban J connectivity index is 1.32. The van der Waals surface area contributed by atoms with Crippen LogP contribution in [0, 0.1) is 0 Å². The molecule has 1 aromatic carbocycles. The summed E-state index contributed by atoms with van der Waals surface area (Å²) in [6, 6.07) is 11.5. The minimum atomic E-state index is -0.152. The fraction of sp³-hybridized carbons (Fsp3) is 0.278. The first-order chi connectivity index (χ1) is 12.7. The number of amides is 1. The van der Waals surface area contributed by atoms with Crippen LogP contribution in [0.1, 0.15) is 21.9 Å². The molecule has 2 aromatic heterocycles. The van der Waals surface area contributed by atoms with Gasteiger partial charge in [0.05, 0.1) is 12.3 Å². The van der Waals surface area contributed by atoms with E-state index in [0.29, 0.717) is 29.0 Å². The average molecular weight is 370 g/mol. The predicted octanol–water partition coefficient (Wildman–Crippen LogP) is 2.77. The number of aromatic amines is 1. The molecule has 8 heteroatoms. The fourth-order valence-corrected chi connectivity index (χ4v) is 3.58. The van der Waals surface area contributed by atoms with Crippen LogP contribution in [-0.4, -0.2) is 45.7 Å².